The molecule has 1 aliphatic rings. The number of carboxylic acids is 1. The van der Waals surface area contributed by atoms with E-state index in [4.69, 9.17) is 38.8 Å². The number of nitrogens with one attached hydrogen (secondary N) is 1. The number of hydrogen-bond donors (Lipinski definition) is 3. The molecule has 5 heterocycles. The molecule has 0 spiro atoms. The quantitative estimate of drug-likeness (QED) is 0.297. The summed E-state index contributed by atoms with van der Waals surface area (Å²) in [6.45, 7) is 3.99. The molecule has 1 saturated heterocycles. The van der Waals surface area contributed by atoms with Gasteiger partial charge in [0.2, 0.25) is 0 Å². The molecule has 4 aromatic rings. The molecule has 4 aromatic heterocycles. The SMILES string of the molecule is CC1(C)CN(c2c(CNC(=O)c3c(N)nn4cccnc34)cc(Cl)c3c(Cl)ncn23)CCS1(=O)=O.O=C(O)C(F)(F)F. The van der Waals surface area contributed by atoms with Crippen molar-refractivity contribution in [3.8, 4) is 0 Å². The largest absolute Gasteiger partial charge is 0.490 e. The fraction of sp³-hybridized carbons (Fsp3) is 0.348. The minimum Gasteiger partial charge on any atom is -0.475 e. The number of aliphatic carboxylic acids is 1. The summed E-state index contributed by atoms with van der Waals surface area (Å²) in [5.74, 6) is -2.52. The Bertz CT molecular complexity index is 1810. The van der Waals surface area contributed by atoms with Crippen molar-refractivity contribution in [1.82, 2.24) is 29.3 Å². The van der Waals surface area contributed by atoms with Gasteiger partial charge >= 0.3 is 12.1 Å². The number of nitrogen functional groups attached to an aromatic ring is 1. The highest BCUT2D eigenvalue weighted by atomic mass is 35.5. The monoisotopic (exact) mass is 650 g/mol. The Morgan fingerprint density at radius 1 is 1.24 bits per heavy atom. The number of imidazole rings is 1. The number of aromatic nitrogens is 5. The summed E-state index contributed by atoms with van der Waals surface area (Å²) in [4.78, 5) is 32.3. The van der Waals surface area contributed by atoms with Gasteiger partial charge in [-0.05, 0) is 26.0 Å². The number of nitrogens with two attached hydrogens (primary N) is 1. The van der Waals surface area contributed by atoms with Crippen LogP contribution in [0.4, 0.5) is 24.8 Å². The van der Waals surface area contributed by atoms with Crippen molar-refractivity contribution in [3.05, 3.63) is 52.2 Å². The highest BCUT2D eigenvalue weighted by Crippen LogP contribution is 2.35. The molecule has 42 heavy (non-hydrogen) atoms. The van der Waals surface area contributed by atoms with Crippen molar-refractivity contribution in [2.45, 2.75) is 31.3 Å². The van der Waals surface area contributed by atoms with Crippen molar-refractivity contribution >= 4 is 67.7 Å². The number of carboxylic acid groups (broad SMARTS) is 1. The second-order valence-electron chi connectivity index (χ2n) is 9.73. The molecule has 0 bridgehead atoms. The van der Waals surface area contributed by atoms with E-state index in [1.807, 2.05) is 4.90 Å². The fourth-order valence-electron chi connectivity index (χ4n) is 4.34. The van der Waals surface area contributed by atoms with Gasteiger partial charge in [0, 0.05) is 37.6 Å². The summed E-state index contributed by atoms with van der Waals surface area (Å²) in [6.07, 6.45) is -0.350. The molecule has 226 valence electrons. The molecule has 19 heteroatoms. The van der Waals surface area contributed by atoms with Gasteiger partial charge in [0.1, 0.15) is 23.2 Å². The zero-order chi connectivity index (χ0) is 31.2. The summed E-state index contributed by atoms with van der Waals surface area (Å²) in [5, 5.41) is 14.7. The van der Waals surface area contributed by atoms with Gasteiger partial charge in [0.15, 0.2) is 26.5 Å². The summed E-state index contributed by atoms with van der Waals surface area (Å²) >= 11 is 12.8. The van der Waals surface area contributed by atoms with E-state index in [0.29, 0.717) is 27.6 Å². The molecule has 1 aliphatic heterocycles. The van der Waals surface area contributed by atoms with Crippen LogP contribution in [0, 0.1) is 0 Å². The van der Waals surface area contributed by atoms with Gasteiger partial charge in [0.25, 0.3) is 5.91 Å². The fourth-order valence-corrected chi connectivity index (χ4v) is 6.30. The number of amides is 1. The molecule has 0 radical (unpaired) electrons. The molecule has 13 nitrogen and oxygen atoms in total. The molecule has 0 unspecified atom stereocenters. The number of nitrogens with zero attached hydrogens (tertiary/aromatic N) is 6. The van der Waals surface area contributed by atoms with Gasteiger partial charge < -0.3 is 21.1 Å². The molecule has 0 atom stereocenters. The van der Waals surface area contributed by atoms with Crippen LogP contribution in [-0.4, -0.2) is 79.1 Å². The molecule has 0 aromatic carbocycles. The standard InChI is InChI=1S/C21H22Cl2N8O3S.C2HF3O2/c1-21(2)10-29(6-7-35(21,33)34)20-12(8-13(22)15-16(23)27-11-30(15)20)9-26-19(32)14-17(24)28-31-5-3-4-25-18(14)31;3-2(4,5)1(6)7/h3-5,8,11H,6-7,9-10H2,1-2H3,(H2,24,28)(H,26,32);(H,6,7). The zero-order valence-electron chi connectivity index (χ0n) is 21.9. The Morgan fingerprint density at radius 2 is 1.90 bits per heavy atom. The van der Waals surface area contributed by atoms with E-state index in [1.165, 1.54) is 10.8 Å². The average Bonchev–Trinajstić information content (AvgIpc) is 3.43. The normalized spacial score (nSPS) is 16.2. The number of fused-ring (bicyclic) bond motifs is 2. The van der Waals surface area contributed by atoms with Crippen LogP contribution in [0.5, 0.6) is 0 Å². The van der Waals surface area contributed by atoms with E-state index >= 15 is 0 Å². The topological polar surface area (TPSA) is 177 Å². The third-order valence-electron chi connectivity index (χ3n) is 6.44. The summed E-state index contributed by atoms with van der Waals surface area (Å²) in [6, 6.07) is 3.38. The van der Waals surface area contributed by atoms with Crippen LogP contribution in [0.1, 0.15) is 29.8 Å². The number of halogens is 5. The Morgan fingerprint density at radius 3 is 2.52 bits per heavy atom. The minimum absolute atomic E-state index is 0.0110. The lowest BCUT2D eigenvalue weighted by Gasteiger charge is -2.39. The van der Waals surface area contributed by atoms with Gasteiger partial charge in [-0.25, -0.2) is 27.7 Å². The van der Waals surface area contributed by atoms with Crippen LogP contribution in [0.25, 0.3) is 11.2 Å². The van der Waals surface area contributed by atoms with Crippen LogP contribution >= 0.6 is 23.2 Å². The molecular formula is C23H23Cl2F3N8O5S. The molecule has 1 fully saturated rings. The van der Waals surface area contributed by atoms with E-state index in [2.05, 4.69) is 20.4 Å². The van der Waals surface area contributed by atoms with E-state index in [9.17, 15) is 26.4 Å². The molecular weight excluding hydrogens is 628 g/mol. The van der Waals surface area contributed by atoms with Crippen LogP contribution in [-0.2, 0) is 21.2 Å². The Hall–Kier alpha value is -3.83. The lowest BCUT2D eigenvalue weighted by molar-refractivity contribution is -0.192. The van der Waals surface area contributed by atoms with Crippen LogP contribution in [0.15, 0.2) is 30.9 Å². The van der Waals surface area contributed by atoms with Crippen LogP contribution < -0.4 is 16.0 Å². The molecule has 0 aliphatic carbocycles. The number of sulfone groups is 1. The summed E-state index contributed by atoms with van der Waals surface area (Å²) in [5.41, 5.74) is 7.63. The Kier molecular flexibility index (Phi) is 8.23. The first-order valence-corrected chi connectivity index (χ1v) is 14.3. The number of anilines is 2. The maximum atomic E-state index is 13.1. The highest BCUT2D eigenvalue weighted by molar-refractivity contribution is 7.92. The first-order chi connectivity index (χ1) is 19.4. The number of hydrogen-bond acceptors (Lipinski definition) is 9. The number of carbonyl (C=O) groups is 2. The highest BCUT2D eigenvalue weighted by Gasteiger charge is 2.41. The van der Waals surface area contributed by atoms with E-state index in [0.717, 1.165) is 0 Å². The predicted octanol–water partition coefficient (Wildman–Crippen LogP) is 2.84. The van der Waals surface area contributed by atoms with E-state index in [-0.39, 0.29) is 41.9 Å². The van der Waals surface area contributed by atoms with Crippen molar-refractivity contribution in [2.75, 3.05) is 29.5 Å². The number of rotatable bonds is 4. The predicted molar refractivity (Wildman–Crippen MR) is 148 cm³/mol. The second kappa shape index (κ2) is 11.1. The number of pyridine rings is 1. The lowest BCUT2D eigenvalue weighted by Crippen LogP contribution is -2.53. The third-order valence-corrected chi connectivity index (χ3v) is 9.54. The smallest absolute Gasteiger partial charge is 0.475 e. The van der Waals surface area contributed by atoms with Crippen molar-refractivity contribution in [1.29, 1.82) is 0 Å². The maximum Gasteiger partial charge on any atom is 0.490 e. The van der Waals surface area contributed by atoms with E-state index < -0.39 is 32.6 Å². The van der Waals surface area contributed by atoms with Gasteiger partial charge in [-0.1, -0.05) is 23.2 Å². The Balaban J connectivity index is 0.000000517. The van der Waals surface area contributed by atoms with Gasteiger partial charge in [-0.15, -0.1) is 5.10 Å². The zero-order valence-corrected chi connectivity index (χ0v) is 24.2. The molecule has 4 N–H and O–H groups in total. The summed E-state index contributed by atoms with van der Waals surface area (Å²) in [7, 11) is -3.27. The van der Waals surface area contributed by atoms with Gasteiger partial charge in [0.05, 0.1) is 15.5 Å². The van der Waals surface area contributed by atoms with Crippen LogP contribution in [0.2, 0.25) is 10.2 Å². The third kappa shape index (κ3) is 5.89. The minimum atomic E-state index is -5.08. The van der Waals surface area contributed by atoms with E-state index in [1.54, 1.807) is 42.8 Å². The van der Waals surface area contributed by atoms with Crippen molar-refractivity contribution in [3.63, 3.8) is 0 Å². The first kappa shape index (κ1) is 31.1. The van der Waals surface area contributed by atoms with Gasteiger partial charge in [-0.3, -0.25) is 9.20 Å². The number of carbonyl (C=O) groups excluding carboxylic acids is 1. The molecule has 1 amide bonds. The number of alkyl halides is 3. The average molecular weight is 651 g/mol. The van der Waals surface area contributed by atoms with Crippen molar-refractivity contribution in [2.24, 2.45) is 0 Å². The van der Waals surface area contributed by atoms with Gasteiger partial charge in [-0.2, -0.15) is 13.2 Å². The van der Waals surface area contributed by atoms with Crippen LogP contribution in [0.3, 0.4) is 0 Å². The van der Waals surface area contributed by atoms with Crippen molar-refractivity contribution < 1.29 is 36.3 Å². The lowest BCUT2D eigenvalue weighted by atomic mass is 10.1. The summed E-state index contributed by atoms with van der Waals surface area (Å²) < 4.78 is 59.1. The first-order valence-electron chi connectivity index (χ1n) is 11.9. The molecule has 0 saturated carbocycles. The second-order valence-corrected chi connectivity index (χ2v) is 13.2. The maximum absolute atomic E-state index is 13.1. The molecule has 5 rings (SSSR count). The Labute approximate surface area is 245 Å².